The number of carbonyl (C=O) groups excluding carboxylic acids is 1. The standard InChI is InChI=1S/C22H16Cl2N2O3S/c1-2-28-19-6-4-3-5-17(19)25-22-26-21(27)20(30-22)12-14-8-10-18(29-14)13-7-9-15(23)16(24)11-13/h3-12H,2H2,1H3,(H,25,26,27). The highest BCUT2D eigenvalue weighted by Gasteiger charge is 2.24. The van der Waals surface area contributed by atoms with E-state index in [9.17, 15) is 4.79 Å². The van der Waals surface area contributed by atoms with Gasteiger partial charge in [0.25, 0.3) is 5.91 Å². The Hall–Kier alpha value is -2.67. The zero-order chi connectivity index (χ0) is 21.1. The molecule has 1 N–H and O–H groups in total. The van der Waals surface area contributed by atoms with Gasteiger partial charge in [0.1, 0.15) is 23.0 Å². The molecule has 0 saturated carbocycles. The maximum Gasteiger partial charge on any atom is 0.264 e. The van der Waals surface area contributed by atoms with Crippen molar-refractivity contribution in [2.24, 2.45) is 4.99 Å². The summed E-state index contributed by atoms with van der Waals surface area (Å²) in [4.78, 5) is 17.4. The zero-order valence-corrected chi connectivity index (χ0v) is 18.1. The van der Waals surface area contributed by atoms with Crippen LogP contribution >= 0.6 is 35.0 Å². The molecule has 5 nitrogen and oxygen atoms in total. The lowest BCUT2D eigenvalue weighted by Crippen LogP contribution is -2.19. The molecule has 1 aliphatic rings. The maximum atomic E-state index is 12.4. The van der Waals surface area contributed by atoms with E-state index >= 15 is 0 Å². The van der Waals surface area contributed by atoms with Crippen LogP contribution in [0, 0.1) is 0 Å². The predicted octanol–water partition coefficient (Wildman–Crippen LogP) is 6.54. The molecular formula is C22H16Cl2N2O3S. The molecule has 2 aromatic carbocycles. The second-order valence-corrected chi connectivity index (χ2v) is 8.06. The minimum atomic E-state index is -0.236. The first-order valence-electron chi connectivity index (χ1n) is 9.10. The predicted molar refractivity (Wildman–Crippen MR) is 123 cm³/mol. The number of nitrogens with zero attached hydrogens (tertiary/aromatic N) is 1. The molecule has 152 valence electrons. The first kappa shape index (κ1) is 20.6. The van der Waals surface area contributed by atoms with Crippen molar-refractivity contribution < 1.29 is 13.9 Å². The van der Waals surface area contributed by atoms with E-state index < -0.39 is 0 Å². The molecule has 1 aromatic heterocycles. The van der Waals surface area contributed by atoms with E-state index in [0.29, 0.717) is 49.7 Å². The normalized spacial score (nSPS) is 16.3. The second-order valence-electron chi connectivity index (χ2n) is 6.21. The number of carbonyl (C=O) groups is 1. The number of amidine groups is 1. The van der Waals surface area contributed by atoms with Crippen molar-refractivity contribution in [3.05, 3.63) is 75.3 Å². The van der Waals surface area contributed by atoms with Crippen LogP contribution < -0.4 is 10.1 Å². The van der Waals surface area contributed by atoms with Crippen LogP contribution in [0.3, 0.4) is 0 Å². The second kappa shape index (κ2) is 9.00. The van der Waals surface area contributed by atoms with Gasteiger partial charge in [0, 0.05) is 11.6 Å². The topological polar surface area (TPSA) is 63.8 Å². The van der Waals surface area contributed by atoms with E-state index in [1.807, 2.05) is 43.3 Å². The molecule has 0 aliphatic carbocycles. The van der Waals surface area contributed by atoms with E-state index in [0.717, 1.165) is 5.56 Å². The summed E-state index contributed by atoms with van der Waals surface area (Å²) in [6.07, 6.45) is 1.68. The number of nitrogens with one attached hydrogen (secondary N) is 1. The lowest BCUT2D eigenvalue weighted by Gasteiger charge is -2.06. The third-order valence-electron chi connectivity index (χ3n) is 4.14. The molecule has 1 saturated heterocycles. The third kappa shape index (κ3) is 4.56. The quantitative estimate of drug-likeness (QED) is 0.440. The number of hydrogen-bond acceptors (Lipinski definition) is 5. The molecular weight excluding hydrogens is 443 g/mol. The summed E-state index contributed by atoms with van der Waals surface area (Å²) < 4.78 is 11.4. The van der Waals surface area contributed by atoms with E-state index in [1.165, 1.54) is 11.8 Å². The molecule has 2 heterocycles. The Balaban J connectivity index is 1.55. The highest BCUT2D eigenvalue weighted by atomic mass is 35.5. The van der Waals surface area contributed by atoms with E-state index in [4.69, 9.17) is 32.4 Å². The Labute approximate surface area is 187 Å². The zero-order valence-electron chi connectivity index (χ0n) is 15.8. The van der Waals surface area contributed by atoms with Crippen LogP contribution in [0.25, 0.3) is 17.4 Å². The summed E-state index contributed by atoms with van der Waals surface area (Å²) in [5.74, 6) is 1.60. The van der Waals surface area contributed by atoms with Crippen molar-refractivity contribution >= 4 is 57.8 Å². The van der Waals surface area contributed by atoms with Gasteiger partial charge in [0.05, 0.1) is 21.6 Å². The van der Waals surface area contributed by atoms with Crippen LogP contribution in [0.15, 0.2) is 68.9 Å². The van der Waals surface area contributed by atoms with Gasteiger partial charge in [0.2, 0.25) is 0 Å². The lowest BCUT2D eigenvalue weighted by atomic mass is 10.2. The molecule has 4 rings (SSSR count). The SMILES string of the molecule is CCOc1ccccc1N=C1NC(=O)C(=Cc2ccc(-c3ccc(Cl)c(Cl)c3)o2)S1. The number of amides is 1. The van der Waals surface area contributed by atoms with E-state index in [-0.39, 0.29) is 5.91 Å². The van der Waals surface area contributed by atoms with Crippen LogP contribution in [0.5, 0.6) is 5.75 Å². The fourth-order valence-corrected chi connectivity index (χ4v) is 3.89. The number of halogens is 2. The molecule has 0 radical (unpaired) electrons. The fourth-order valence-electron chi connectivity index (χ4n) is 2.78. The average molecular weight is 459 g/mol. The molecule has 0 bridgehead atoms. The average Bonchev–Trinajstić information content (AvgIpc) is 3.33. The number of thioether (sulfide) groups is 1. The number of benzene rings is 2. The van der Waals surface area contributed by atoms with Gasteiger partial charge in [-0.05, 0) is 61.2 Å². The number of rotatable bonds is 5. The third-order valence-corrected chi connectivity index (χ3v) is 5.79. The van der Waals surface area contributed by atoms with Crippen LogP contribution in [-0.4, -0.2) is 17.7 Å². The minimum Gasteiger partial charge on any atom is -0.492 e. The molecule has 1 amide bonds. The molecule has 8 heteroatoms. The fraction of sp³-hybridized carbons (Fsp3) is 0.0909. The van der Waals surface area contributed by atoms with Crippen molar-refractivity contribution in [1.29, 1.82) is 0 Å². The van der Waals surface area contributed by atoms with E-state index in [2.05, 4.69) is 10.3 Å². The highest BCUT2D eigenvalue weighted by molar-refractivity contribution is 8.18. The number of para-hydroxylation sites is 2. The van der Waals surface area contributed by atoms with Crippen molar-refractivity contribution in [2.45, 2.75) is 6.92 Å². The largest absolute Gasteiger partial charge is 0.492 e. The van der Waals surface area contributed by atoms with Crippen LogP contribution in [-0.2, 0) is 4.79 Å². The van der Waals surface area contributed by atoms with E-state index in [1.54, 1.807) is 24.3 Å². The number of aliphatic imine (C=N–C) groups is 1. The lowest BCUT2D eigenvalue weighted by molar-refractivity contribution is -0.115. The van der Waals surface area contributed by atoms with Gasteiger partial charge in [-0.1, -0.05) is 35.3 Å². The minimum absolute atomic E-state index is 0.236. The summed E-state index contributed by atoms with van der Waals surface area (Å²) in [5, 5.41) is 4.18. The molecule has 1 aliphatic heterocycles. The Morgan fingerprint density at radius 2 is 1.97 bits per heavy atom. The summed E-state index contributed by atoms with van der Waals surface area (Å²) in [7, 11) is 0. The molecule has 30 heavy (non-hydrogen) atoms. The Morgan fingerprint density at radius 3 is 2.77 bits per heavy atom. The number of hydrogen-bond donors (Lipinski definition) is 1. The van der Waals surface area contributed by atoms with Gasteiger partial charge >= 0.3 is 0 Å². The van der Waals surface area contributed by atoms with Crippen molar-refractivity contribution in [3.8, 4) is 17.1 Å². The van der Waals surface area contributed by atoms with Gasteiger partial charge in [-0.25, -0.2) is 4.99 Å². The van der Waals surface area contributed by atoms with Gasteiger partial charge < -0.3 is 14.5 Å². The molecule has 0 atom stereocenters. The summed E-state index contributed by atoms with van der Waals surface area (Å²) >= 11 is 13.3. The summed E-state index contributed by atoms with van der Waals surface area (Å²) in [6.45, 7) is 2.44. The van der Waals surface area contributed by atoms with Gasteiger partial charge in [-0.2, -0.15) is 0 Å². The first-order valence-corrected chi connectivity index (χ1v) is 10.7. The van der Waals surface area contributed by atoms with Crippen molar-refractivity contribution in [2.75, 3.05) is 6.61 Å². The van der Waals surface area contributed by atoms with Crippen LogP contribution in [0.1, 0.15) is 12.7 Å². The number of ether oxygens (including phenoxy) is 1. The molecule has 0 spiro atoms. The Kier molecular flexibility index (Phi) is 6.18. The molecule has 1 fully saturated rings. The van der Waals surface area contributed by atoms with Crippen molar-refractivity contribution in [1.82, 2.24) is 5.32 Å². The van der Waals surface area contributed by atoms with Crippen LogP contribution in [0.4, 0.5) is 5.69 Å². The smallest absolute Gasteiger partial charge is 0.264 e. The summed E-state index contributed by atoms with van der Waals surface area (Å²) in [5.41, 5.74) is 1.45. The molecule has 3 aromatic rings. The van der Waals surface area contributed by atoms with Crippen LogP contribution in [0.2, 0.25) is 10.0 Å². The molecule has 0 unspecified atom stereocenters. The maximum absolute atomic E-state index is 12.4. The van der Waals surface area contributed by atoms with Gasteiger partial charge in [0.15, 0.2) is 5.17 Å². The van der Waals surface area contributed by atoms with Gasteiger partial charge in [-0.3, -0.25) is 4.79 Å². The van der Waals surface area contributed by atoms with Gasteiger partial charge in [-0.15, -0.1) is 0 Å². The highest BCUT2D eigenvalue weighted by Crippen LogP contribution is 2.34. The Morgan fingerprint density at radius 1 is 1.13 bits per heavy atom. The monoisotopic (exact) mass is 458 g/mol. The Bertz CT molecular complexity index is 1170. The summed E-state index contributed by atoms with van der Waals surface area (Å²) in [6, 6.07) is 16.3. The number of furan rings is 1. The first-order chi connectivity index (χ1) is 14.5. The van der Waals surface area contributed by atoms with Crippen molar-refractivity contribution in [3.63, 3.8) is 0 Å².